The monoisotopic (exact) mass is 205 g/mol. The van der Waals surface area contributed by atoms with Crippen LogP contribution in [0.4, 0.5) is 0 Å². The lowest BCUT2D eigenvalue weighted by molar-refractivity contribution is -0.134. The lowest BCUT2D eigenvalue weighted by Gasteiger charge is -2.26. The van der Waals surface area contributed by atoms with Gasteiger partial charge in [-0.25, -0.2) is 0 Å². The predicted octanol–water partition coefficient (Wildman–Crippen LogP) is 0.754. The second-order valence-corrected chi connectivity index (χ2v) is 2.86. The molecule has 5 nitrogen and oxygen atoms in total. The highest BCUT2D eigenvalue weighted by atomic mass is 16.9. The third kappa shape index (κ3) is 9.88. The lowest BCUT2D eigenvalue weighted by Crippen LogP contribution is -2.23. The molecule has 0 saturated heterocycles. The largest absolute Gasteiger partial charge is 0.762 e. The second-order valence-electron chi connectivity index (χ2n) is 2.86. The van der Waals surface area contributed by atoms with Gasteiger partial charge < -0.3 is 20.1 Å². The zero-order valence-corrected chi connectivity index (χ0v) is 9.12. The van der Waals surface area contributed by atoms with Gasteiger partial charge in [0.2, 0.25) is 0 Å². The number of rotatable bonds is 10. The van der Waals surface area contributed by atoms with Gasteiger partial charge in [-0.15, -0.1) is 0 Å². The average molecular weight is 205 g/mol. The Morgan fingerprint density at radius 1 is 1.21 bits per heavy atom. The summed E-state index contributed by atoms with van der Waals surface area (Å²) in [7, 11) is 0. The number of nitrogens with one attached hydrogen (secondary N) is 1. The number of hydrogen-bond acceptors (Lipinski definition) is 5. The Kier molecular flexibility index (Phi) is 10.7. The number of ether oxygens (including phenoxy) is 1. The zero-order valence-electron chi connectivity index (χ0n) is 9.12. The van der Waals surface area contributed by atoms with Crippen LogP contribution in [0.15, 0.2) is 0 Å². The molecule has 0 aliphatic carbocycles. The fraction of sp³-hybridized carbons (Fsp3) is 1.00. The molecule has 0 unspecified atom stereocenters. The van der Waals surface area contributed by atoms with Crippen molar-refractivity contribution < 1.29 is 9.57 Å². The van der Waals surface area contributed by atoms with Crippen molar-refractivity contribution in [1.82, 2.24) is 10.5 Å². The Labute approximate surface area is 85.9 Å². The van der Waals surface area contributed by atoms with Crippen LogP contribution >= 0.6 is 0 Å². The molecule has 0 aliphatic heterocycles. The van der Waals surface area contributed by atoms with E-state index in [0.29, 0.717) is 31.6 Å². The highest BCUT2D eigenvalue weighted by molar-refractivity contribution is 4.42. The van der Waals surface area contributed by atoms with Crippen LogP contribution in [0.3, 0.4) is 0 Å². The van der Waals surface area contributed by atoms with E-state index < -0.39 is 0 Å². The van der Waals surface area contributed by atoms with Gasteiger partial charge >= 0.3 is 0 Å². The molecule has 0 radical (unpaired) electrons. The van der Waals surface area contributed by atoms with Crippen LogP contribution in [0.1, 0.15) is 20.3 Å². The Morgan fingerprint density at radius 2 is 2.00 bits per heavy atom. The summed E-state index contributed by atoms with van der Waals surface area (Å²) in [5.41, 5.74) is 0. The van der Waals surface area contributed by atoms with Crippen LogP contribution in [-0.2, 0) is 9.57 Å². The van der Waals surface area contributed by atoms with Gasteiger partial charge in [-0.05, 0) is 13.0 Å². The van der Waals surface area contributed by atoms with Crippen LogP contribution in [0.25, 0.3) is 0 Å². The molecule has 0 aromatic carbocycles. The summed E-state index contributed by atoms with van der Waals surface area (Å²) in [6.07, 6.45) is 0.796. The van der Waals surface area contributed by atoms with Crippen molar-refractivity contribution in [3.63, 3.8) is 0 Å². The summed E-state index contributed by atoms with van der Waals surface area (Å²) in [6, 6.07) is 0. The first-order chi connectivity index (χ1) is 6.81. The van der Waals surface area contributed by atoms with Crippen molar-refractivity contribution in [2.45, 2.75) is 20.3 Å². The number of hydroxylamine groups is 2. The number of hydrogen-bond donors (Lipinski definition) is 1. The Balaban J connectivity index is 2.98. The Hall–Kier alpha value is -0.200. The van der Waals surface area contributed by atoms with E-state index in [-0.39, 0.29) is 0 Å². The molecule has 0 bridgehead atoms. The van der Waals surface area contributed by atoms with E-state index in [0.717, 1.165) is 19.5 Å². The van der Waals surface area contributed by atoms with E-state index >= 15 is 0 Å². The molecule has 0 amide bonds. The molecule has 0 aromatic rings. The smallest absolute Gasteiger partial charge is 0.0906 e. The number of nitrogens with zero attached hydrogens (tertiary/aromatic N) is 1. The van der Waals surface area contributed by atoms with Crippen molar-refractivity contribution in [1.29, 1.82) is 0 Å². The number of likely N-dealkylation sites (N-methyl/N-ethyl adjacent to an activating group) is 1. The third-order valence-corrected chi connectivity index (χ3v) is 1.54. The van der Waals surface area contributed by atoms with E-state index in [1.807, 2.05) is 13.8 Å². The lowest BCUT2D eigenvalue weighted by atomic mass is 10.5. The molecule has 0 heterocycles. The normalized spacial score (nSPS) is 11.1. The quantitative estimate of drug-likeness (QED) is 0.421. The first-order valence-electron chi connectivity index (χ1n) is 5.17. The van der Waals surface area contributed by atoms with E-state index in [4.69, 9.17) is 9.57 Å². The maximum absolute atomic E-state index is 10.8. The van der Waals surface area contributed by atoms with Crippen molar-refractivity contribution in [2.24, 2.45) is 0 Å². The fourth-order valence-corrected chi connectivity index (χ4v) is 0.868. The van der Waals surface area contributed by atoms with E-state index in [2.05, 4.69) is 5.32 Å². The van der Waals surface area contributed by atoms with Gasteiger partial charge in [0.25, 0.3) is 0 Å². The standard InChI is InChI=1S/C9H21N2O3/c1-3-6-11(12)14-9-8-13-7-5-10-4-2/h10H,3-9H2,1-2H3/q-1. The summed E-state index contributed by atoms with van der Waals surface area (Å²) in [4.78, 5) is 4.82. The first kappa shape index (κ1) is 13.8. The molecular weight excluding hydrogens is 184 g/mol. The fourth-order valence-electron chi connectivity index (χ4n) is 0.868. The van der Waals surface area contributed by atoms with E-state index in [9.17, 15) is 5.21 Å². The van der Waals surface area contributed by atoms with E-state index in [1.54, 1.807) is 0 Å². The van der Waals surface area contributed by atoms with Crippen LogP contribution in [0.2, 0.25) is 0 Å². The maximum atomic E-state index is 10.8. The van der Waals surface area contributed by atoms with Gasteiger partial charge in [-0.2, -0.15) is 0 Å². The van der Waals surface area contributed by atoms with Gasteiger partial charge in [-0.1, -0.05) is 13.8 Å². The molecule has 14 heavy (non-hydrogen) atoms. The molecule has 0 atom stereocenters. The minimum atomic E-state index is 0.329. The molecule has 0 rings (SSSR count). The summed E-state index contributed by atoms with van der Waals surface area (Å²) in [5, 5.41) is 14.5. The van der Waals surface area contributed by atoms with Gasteiger partial charge in [0.1, 0.15) is 0 Å². The molecule has 0 fully saturated rings. The highest BCUT2D eigenvalue weighted by Gasteiger charge is 1.91. The SMILES string of the molecule is CCCN([O-])OCCOCCNCC. The second kappa shape index (κ2) is 10.9. The molecule has 86 valence electrons. The van der Waals surface area contributed by atoms with Crippen LogP contribution in [0.5, 0.6) is 0 Å². The Bertz CT molecular complexity index is 114. The minimum Gasteiger partial charge on any atom is -0.762 e. The zero-order chi connectivity index (χ0) is 10.6. The topological polar surface area (TPSA) is 56.8 Å². The molecule has 0 saturated carbocycles. The average Bonchev–Trinajstić information content (AvgIpc) is 2.17. The molecule has 0 spiro atoms. The molecule has 0 aromatic heterocycles. The van der Waals surface area contributed by atoms with Crippen molar-refractivity contribution >= 4 is 0 Å². The maximum Gasteiger partial charge on any atom is 0.0906 e. The van der Waals surface area contributed by atoms with Crippen molar-refractivity contribution in [3.8, 4) is 0 Å². The summed E-state index contributed by atoms with van der Waals surface area (Å²) in [6.45, 7) is 7.63. The van der Waals surface area contributed by atoms with Crippen molar-refractivity contribution in [2.75, 3.05) is 39.5 Å². The van der Waals surface area contributed by atoms with Gasteiger partial charge in [0, 0.05) is 13.1 Å². The molecular formula is C9H21N2O3-. The van der Waals surface area contributed by atoms with Gasteiger partial charge in [0.15, 0.2) is 0 Å². The van der Waals surface area contributed by atoms with E-state index in [1.165, 1.54) is 0 Å². The van der Waals surface area contributed by atoms with Gasteiger partial charge in [-0.3, -0.25) is 5.23 Å². The predicted molar refractivity (Wildman–Crippen MR) is 55.7 cm³/mol. The molecule has 5 heteroatoms. The Morgan fingerprint density at radius 3 is 2.64 bits per heavy atom. The molecule has 1 N–H and O–H groups in total. The van der Waals surface area contributed by atoms with Crippen LogP contribution in [0, 0.1) is 5.21 Å². The summed E-state index contributed by atoms with van der Waals surface area (Å²) < 4.78 is 5.21. The van der Waals surface area contributed by atoms with Crippen molar-refractivity contribution in [3.05, 3.63) is 5.21 Å². The highest BCUT2D eigenvalue weighted by Crippen LogP contribution is 1.89. The third-order valence-electron chi connectivity index (χ3n) is 1.54. The van der Waals surface area contributed by atoms with Crippen LogP contribution in [-0.4, -0.2) is 44.7 Å². The molecule has 0 aliphatic rings. The van der Waals surface area contributed by atoms with Crippen LogP contribution < -0.4 is 5.32 Å². The minimum absolute atomic E-state index is 0.329. The summed E-state index contributed by atoms with van der Waals surface area (Å²) >= 11 is 0. The van der Waals surface area contributed by atoms with Gasteiger partial charge in [0.05, 0.1) is 19.8 Å². The summed E-state index contributed by atoms with van der Waals surface area (Å²) in [5.74, 6) is 0. The first-order valence-corrected chi connectivity index (χ1v) is 5.17.